The number of pyridine rings is 1. The molecule has 2 heterocycles. The number of ether oxygens (including phenoxy) is 1. The van der Waals surface area contributed by atoms with E-state index in [4.69, 9.17) is 21.3 Å². The maximum Gasteiger partial charge on any atom is 0.166 e. The number of nitrogens with zero attached hydrogens (tertiary/aromatic N) is 2. The molecule has 9 heteroatoms. The number of halogens is 1. The molecule has 32 heavy (non-hydrogen) atoms. The van der Waals surface area contributed by atoms with Crippen molar-refractivity contribution >= 4 is 29.9 Å². The number of aliphatic imine (C=N–C) groups is 1. The SMILES string of the molecule is C[C@H]1Oc2cc(cnc2N)/C(NCC2CC2)=C(/C=N)CN/C(=N\C=N)c2ccc(F)cc21. The molecule has 1 saturated carbocycles. The number of hydrogen-bond acceptors (Lipinski definition) is 6. The van der Waals surface area contributed by atoms with E-state index in [1.807, 2.05) is 0 Å². The standard InChI is InChI=1S/C23H26FN7O/c1-13-19-7-17(24)4-5-18(19)23(31-12-26)30-11-16(8-25)21(28-9-14-2-3-14)15-6-20(32-13)22(27)29-10-15/h4-8,10,12-14,25,28H,2-3,9,11H2,1H3,(H2,27,29)(H2,26,30,31)/b21-16+,25-8?/t13-/m1/s1. The van der Waals surface area contributed by atoms with E-state index in [1.165, 1.54) is 31.2 Å². The predicted octanol–water partition coefficient (Wildman–Crippen LogP) is 3.26. The van der Waals surface area contributed by atoms with Crippen LogP contribution in [0.2, 0.25) is 0 Å². The van der Waals surface area contributed by atoms with Gasteiger partial charge < -0.3 is 26.5 Å². The van der Waals surface area contributed by atoms with E-state index < -0.39 is 11.9 Å². The third-order valence-corrected chi connectivity index (χ3v) is 5.58. The van der Waals surface area contributed by atoms with Crippen LogP contribution in [0.1, 0.15) is 42.6 Å². The lowest BCUT2D eigenvalue weighted by Crippen LogP contribution is -2.31. The Labute approximate surface area is 185 Å². The molecule has 166 valence electrons. The van der Waals surface area contributed by atoms with Crippen LogP contribution in [0.15, 0.2) is 41.0 Å². The zero-order valence-electron chi connectivity index (χ0n) is 17.8. The minimum Gasteiger partial charge on any atom is -0.482 e. The van der Waals surface area contributed by atoms with Gasteiger partial charge in [-0.1, -0.05) is 0 Å². The molecular formula is C23H26FN7O. The molecule has 4 rings (SSSR count). The van der Waals surface area contributed by atoms with Crippen LogP contribution in [0, 0.1) is 22.6 Å². The second kappa shape index (κ2) is 9.17. The molecule has 1 aromatic heterocycles. The summed E-state index contributed by atoms with van der Waals surface area (Å²) in [5.41, 5.74) is 9.42. The number of benzene rings is 1. The number of aromatic nitrogens is 1. The van der Waals surface area contributed by atoms with Crippen LogP contribution in [0.3, 0.4) is 0 Å². The van der Waals surface area contributed by atoms with E-state index in [0.29, 0.717) is 34.2 Å². The van der Waals surface area contributed by atoms with E-state index in [0.717, 1.165) is 24.1 Å². The maximum absolute atomic E-state index is 14.1. The van der Waals surface area contributed by atoms with E-state index in [9.17, 15) is 4.39 Å². The molecule has 8 nitrogen and oxygen atoms in total. The Morgan fingerprint density at radius 3 is 2.88 bits per heavy atom. The molecule has 0 amide bonds. The number of rotatable bonds is 5. The van der Waals surface area contributed by atoms with Gasteiger partial charge in [-0.25, -0.2) is 14.4 Å². The fourth-order valence-electron chi connectivity index (χ4n) is 3.66. The van der Waals surface area contributed by atoms with Gasteiger partial charge in [0, 0.05) is 53.5 Å². The Morgan fingerprint density at radius 2 is 2.16 bits per heavy atom. The number of nitrogens with two attached hydrogens (primary N) is 1. The molecular weight excluding hydrogens is 409 g/mol. The van der Waals surface area contributed by atoms with Gasteiger partial charge in [-0.15, -0.1) is 0 Å². The molecule has 0 unspecified atom stereocenters. The summed E-state index contributed by atoms with van der Waals surface area (Å²) in [5.74, 6) is 1.20. The highest BCUT2D eigenvalue weighted by Crippen LogP contribution is 2.32. The summed E-state index contributed by atoms with van der Waals surface area (Å²) in [6.07, 6.45) is 5.67. The summed E-state index contributed by atoms with van der Waals surface area (Å²) in [6, 6.07) is 6.12. The summed E-state index contributed by atoms with van der Waals surface area (Å²) in [5, 5.41) is 22.2. The second-order valence-electron chi connectivity index (χ2n) is 7.93. The van der Waals surface area contributed by atoms with Crippen molar-refractivity contribution in [1.82, 2.24) is 15.6 Å². The number of anilines is 1. The average Bonchev–Trinajstić information content (AvgIpc) is 3.60. The second-order valence-corrected chi connectivity index (χ2v) is 7.93. The lowest BCUT2D eigenvalue weighted by atomic mass is 10.0. The van der Waals surface area contributed by atoms with Crippen molar-refractivity contribution in [3.8, 4) is 5.75 Å². The predicted molar refractivity (Wildman–Crippen MR) is 124 cm³/mol. The minimum atomic E-state index is -0.564. The van der Waals surface area contributed by atoms with Gasteiger partial charge in [-0.3, -0.25) is 5.41 Å². The highest BCUT2D eigenvalue weighted by molar-refractivity contribution is 6.04. The monoisotopic (exact) mass is 435 g/mol. The topological polar surface area (TPSA) is 132 Å². The van der Waals surface area contributed by atoms with E-state index in [2.05, 4.69) is 20.6 Å². The van der Waals surface area contributed by atoms with Crippen LogP contribution in [0.25, 0.3) is 5.70 Å². The molecule has 1 atom stereocenters. The van der Waals surface area contributed by atoms with E-state index in [1.54, 1.807) is 25.3 Å². The van der Waals surface area contributed by atoms with Crippen molar-refractivity contribution < 1.29 is 9.13 Å². The normalized spacial score (nSPS) is 21.9. The van der Waals surface area contributed by atoms with Crippen LogP contribution < -0.4 is 21.1 Å². The zero-order chi connectivity index (χ0) is 22.7. The number of hydrogen-bond donors (Lipinski definition) is 5. The average molecular weight is 436 g/mol. The molecule has 6 N–H and O–H groups in total. The smallest absolute Gasteiger partial charge is 0.166 e. The van der Waals surface area contributed by atoms with Crippen LogP contribution in [-0.2, 0) is 0 Å². The highest BCUT2D eigenvalue weighted by atomic mass is 19.1. The number of amidine groups is 1. The molecule has 2 aromatic rings. The van der Waals surface area contributed by atoms with Crippen LogP contribution in [0.4, 0.5) is 10.2 Å². The Bertz CT molecular complexity index is 1110. The Balaban J connectivity index is 1.86. The van der Waals surface area contributed by atoms with Gasteiger partial charge >= 0.3 is 0 Å². The Morgan fingerprint density at radius 1 is 1.34 bits per heavy atom. The first-order chi connectivity index (χ1) is 15.5. The summed E-state index contributed by atoms with van der Waals surface area (Å²) in [6.45, 7) is 2.87. The molecule has 0 radical (unpaired) electrons. The van der Waals surface area contributed by atoms with Crippen molar-refractivity contribution in [2.24, 2.45) is 10.9 Å². The largest absolute Gasteiger partial charge is 0.482 e. The van der Waals surface area contributed by atoms with Gasteiger partial charge in [0.1, 0.15) is 24.1 Å². The molecule has 2 aliphatic rings. The number of nitrogens with one attached hydrogen (secondary N) is 4. The molecule has 1 aliphatic heterocycles. The van der Waals surface area contributed by atoms with Crippen molar-refractivity contribution in [3.05, 3.63) is 58.5 Å². The van der Waals surface area contributed by atoms with Crippen LogP contribution in [-0.4, -0.2) is 36.5 Å². The lowest BCUT2D eigenvalue weighted by Gasteiger charge is -2.23. The molecule has 1 aliphatic carbocycles. The first-order valence-electron chi connectivity index (χ1n) is 10.5. The minimum absolute atomic E-state index is 0.222. The van der Waals surface area contributed by atoms with Crippen molar-refractivity contribution in [2.75, 3.05) is 18.8 Å². The van der Waals surface area contributed by atoms with Gasteiger partial charge in [0.15, 0.2) is 11.6 Å². The van der Waals surface area contributed by atoms with Crippen molar-refractivity contribution in [3.63, 3.8) is 0 Å². The molecule has 0 saturated heterocycles. The van der Waals surface area contributed by atoms with Crippen LogP contribution >= 0.6 is 0 Å². The first-order valence-corrected chi connectivity index (χ1v) is 10.5. The van der Waals surface area contributed by atoms with E-state index in [-0.39, 0.29) is 12.4 Å². The Hall–Kier alpha value is -3.75. The van der Waals surface area contributed by atoms with Crippen molar-refractivity contribution in [2.45, 2.75) is 25.9 Å². The molecule has 0 spiro atoms. The number of fused-ring (bicyclic) bond motifs is 3. The third-order valence-electron chi connectivity index (χ3n) is 5.58. The molecule has 1 fully saturated rings. The summed E-state index contributed by atoms with van der Waals surface area (Å²) >= 11 is 0. The fourth-order valence-corrected chi connectivity index (χ4v) is 3.66. The Kier molecular flexibility index (Phi) is 6.16. The zero-order valence-corrected chi connectivity index (χ0v) is 17.8. The highest BCUT2D eigenvalue weighted by Gasteiger charge is 2.24. The quantitative estimate of drug-likeness (QED) is 0.363. The maximum atomic E-state index is 14.1. The van der Waals surface area contributed by atoms with Crippen molar-refractivity contribution in [1.29, 1.82) is 10.8 Å². The first kappa shape index (κ1) is 21.5. The lowest BCUT2D eigenvalue weighted by molar-refractivity contribution is 0.227. The summed E-state index contributed by atoms with van der Waals surface area (Å²) in [4.78, 5) is 8.45. The molecule has 1 aromatic carbocycles. The van der Waals surface area contributed by atoms with Gasteiger partial charge in [0.25, 0.3) is 0 Å². The number of nitrogen functional groups attached to an aromatic ring is 1. The third kappa shape index (κ3) is 4.61. The van der Waals surface area contributed by atoms with E-state index >= 15 is 0 Å². The van der Waals surface area contributed by atoms with Crippen LogP contribution in [0.5, 0.6) is 5.75 Å². The van der Waals surface area contributed by atoms with Gasteiger partial charge in [0.05, 0.1) is 0 Å². The summed E-state index contributed by atoms with van der Waals surface area (Å²) < 4.78 is 20.2. The fraction of sp³-hybridized carbons (Fsp3) is 0.304. The van der Waals surface area contributed by atoms with Gasteiger partial charge in [-0.2, -0.15) is 0 Å². The summed E-state index contributed by atoms with van der Waals surface area (Å²) in [7, 11) is 0. The van der Waals surface area contributed by atoms with Gasteiger partial charge in [-0.05, 0) is 49.9 Å². The van der Waals surface area contributed by atoms with Gasteiger partial charge in [0.2, 0.25) is 0 Å². The molecule has 2 bridgehead atoms.